The number of anilines is 1. The highest BCUT2D eigenvalue weighted by Crippen LogP contribution is 2.40. The zero-order chi connectivity index (χ0) is 14.7. The number of hydrogen-bond acceptors (Lipinski definition) is 3. The number of nitriles is 1. The summed E-state index contributed by atoms with van der Waals surface area (Å²) in [6.45, 7) is 6.27. The van der Waals surface area contributed by atoms with Crippen LogP contribution in [-0.2, 0) is 17.6 Å². The van der Waals surface area contributed by atoms with Crippen LogP contribution < -0.4 is 5.32 Å². The molecular weight excluding hydrogens is 268 g/mol. The number of carbonyl (C=O) groups excluding carboxylic acids is 1. The van der Waals surface area contributed by atoms with Crippen molar-refractivity contribution in [2.45, 2.75) is 52.9 Å². The van der Waals surface area contributed by atoms with Crippen molar-refractivity contribution in [1.29, 1.82) is 5.26 Å². The monoisotopic (exact) mass is 290 g/mol. The number of nitrogens with zero attached hydrogens (tertiary/aromatic N) is 1. The number of amides is 1. The third kappa shape index (κ3) is 3.21. The van der Waals surface area contributed by atoms with Gasteiger partial charge in [0, 0.05) is 11.3 Å². The molecule has 0 aromatic carbocycles. The third-order valence-corrected chi connectivity index (χ3v) is 5.07. The molecule has 1 amide bonds. The quantitative estimate of drug-likeness (QED) is 0.907. The molecule has 1 aromatic heterocycles. The summed E-state index contributed by atoms with van der Waals surface area (Å²) in [6, 6.07) is 2.29. The van der Waals surface area contributed by atoms with E-state index < -0.39 is 0 Å². The molecule has 1 heterocycles. The van der Waals surface area contributed by atoms with Gasteiger partial charge in [-0.25, -0.2) is 0 Å². The lowest BCUT2D eigenvalue weighted by atomic mass is 9.86. The molecule has 1 aromatic rings. The average Bonchev–Trinajstić information content (AvgIpc) is 2.73. The number of carbonyl (C=O) groups is 1. The predicted octanol–water partition coefficient (Wildman–Crippen LogP) is 4.12. The molecule has 2 rings (SSSR count). The minimum absolute atomic E-state index is 0.0159. The summed E-state index contributed by atoms with van der Waals surface area (Å²) in [7, 11) is 0. The SMILES string of the molecule is CC[C@H]1CCc2c(sc(NC(=O)CC(C)C)c2C#N)C1. The average molecular weight is 290 g/mol. The van der Waals surface area contributed by atoms with Crippen LogP contribution >= 0.6 is 11.3 Å². The smallest absolute Gasteiger partial charge is 0.225 e. The molecule has 1 N–H and O–H groups in total. The second-order valence-electron chi connectivity index (χ2n) is 5.98. The standard InChI is InChI=1S/C16H22N2OS/c1-4-11-5-6-12-13(9-17)16(20-14(12)8-11)18-15(19)7-10(2)3/h10-11H,4-8H2,1-3H3,(H,18,19)/t11-/m0/s1. The van der Waals surface area contributed by atoms with Crippen LogP contribution in [0.15, 0.2) is 0 Å². The van der Waals surface area contributed by atoms with Gasteiger partial charge in [-0.3, -0.25) is 4.79 Å². The molecule has 108 valence electrons. The maximum absolute atomic E-state index is 11.9. The molecule has 1 aliphatic rings. The lowest BCUT2D eigenvalue weighted by molar-refractivity contribution is -0.116. The first-order valence-electron chi connectivity index (χ1n) is 7.39. The van der Waals surface area contributed by atoms with Gasteiger partial charge in [0.1, 0.15) is 11.1 Å². The highest BCUT2D eigenvalue weighted by Gasteiger charge is 2.25. The molecule has 4 heteroatoms. The van der Waals surface area contributed by atoms with Gasteiger partial charge < -0.3 is 5.32 Å². The molecule has 0 fully saturated rings. The molecule has 0 bridgehead atoms. The number of fused-ring (bicyclic) bond motifs is 1. The molecule has 20 heavy (non-hydrogen) atoms. The van der Waals surface area contributed by atoms with Crippen molar-refractivity contribution in [2.24, 2.45) is 11.8 Å². The van der Waals surface area contributed by atoms with Gasteiger partial charge in [-0.1, -0.05) is 27.2 Å². The van der Waals surface area contributed by atoms with Gasteiger partial charge in [-0.05, 0) is 36.7 Å². The highest BCUT2D eigenvalue weighted by molar-refractivity contribution is 7.16. The van der Waals surface area contributed by atoms with Crippen LogP contribution in [0.1, 0.15) is 56.0 Å². The Morgan fingerprint density at radius 1 is 1.55 bits per heavy atom. The second-order valence-corrected chi connectivity index (χ2v) is 7.09. The van der Waals surface area contributed by atoms with Gasteiger partial charge in [0.2, 0.25) is 5.91 Å². The molecule has 0 saturated carbocycles. The fraction of sp³-hybridized carbons (Fsp3) is 0.625. The summed E-state index contributed by atoms with van der Waals surface area (Å²) in [4.78, 5) is 13.2. The van der Waals surface area contributed by atoms with Gasteiger partial charge in [-0.2, -0.15) is 5.26 Å². The number of rotatable bonds is 4. The van der Waals surface area contributed by atoms with Crippen LogP contribution in [0, 0.1) is 23.2 Å². The van der Waals surface area contributed by atoms with E-state index in [1.165, 1.54) is 16.9 Å². The molecule has 1 atom stereocenters. The van der Waals surface area contributed by atoms with E-state index in [9.17, 15) is 10.1 Å². The molecule has 0 spiro atoms. The maximum atomic E-state index is 11.9. The van der Waals surface area contributed by atoms with E-state index in [0.29, 0.717) is 17.9 Å². The van der Waals surface area contributed by atoms with Crippen LogP contribution in [0.2, 0.25) is 0 Å². The summed E-state index contributed by atoms with van der Waals surface area (Å²) >= 11 is 1.61. The van der Waals surface area contributed by atoms with Gasteiger partial charge in [0.25, 0.3) is 0 Å². The maximum Gasteiger partial charge on any atom is 0.225 e. The van der Waals surface area contributed by atoms with E-state index in [2.05, 4.69) is 18.3 Å². The van der Waals surface area contributed by atoms with Crippen LogP contribution in [0.3, 0.4) is 0 Å². The molecule has 0 unspecified atom stereocenters. The number of nitrogens with one attached hydrogen (secondary N) is 1. The van der Waals surface area contributed by atoms with E-state index in [0.717, 1.165) is 30.2 Å². The Morgan fingerprint density at radius 3 is 2.90 bits per heavy atom. The van der Waals surface area contributed by atoms with Crippen molar-refractivity contribution in [3.05, 3.63) is 16.0 Å². The molecule has 3 nitrogen and oxygen atoms in total. The minimum atomic E-state index is 0.0159. The van der Waals surface area contributed by atoms with Crippen LogP contribution in [-0.4, -0.2) is 5.91 Å². The summed E-state index contributed by atoms with van der Waals surface area (Å²) in [5.74, 6) is 1.08. The number of thiophene rings is 1. The highest BCUT2D eigenvalue weighted by atomic mass is 32.1. The largest absolute Gasteiger partial charge is 0.317 e. The van der Waals surface area contributed by atoms with E-state index in [4.69, 9.17) is 0 Å². The second kappa shape index (κ2) is 6.41. The van der Waals surface area contributed by atoms with E-state index in [-0.39, 0.29) is 5.91 Å². The van der Waals surface area contributed by atoms with Crippen molar-refractivity contribution < 1.29 is 4.79 Å². The van der Waals surface area contributed by atoms with E-state index in [1.807, 2.05) is 13.8 Å². The predicted molar refractivity (Wildman–Crippen MR) is 82.9 cm³/mol. The Hall–Kier alpha value is -1.34. The minimum Gasteiger partial charge on any atom is -0.317 e. The molecular formula is C16H22N2OS. The first kappa shape index (κ1) is 15.1. The van der Waals surface area contributed by atoms with Gasteiger partial charge in [-0.15, -0.1) is 11.3 Å². The van der Waals surface area contributed by atoms with Crippen molar-refractivity contribution >= 4 is 22.2 Å². The molecule has 0 radical (unpaired) electrons. The van der Waals surface area contributed by atoms with Crippen molar-refractivity contribution in [1.82, 2.24) is 0 Å². The normalized spacial score (nSPS) is 17.6. The first-order chi connectivity index (χ1) is 9.55. The van der Waals surface area contributed by atoms with Gasteiger partial charge in [0.15, 0.2) is 0 Å². The van der Waals surface area contributed by atoms with Crippen molar-refractivity contribution in [3.8, 4) is 6.07 Å². The third-order valence-electron chi connectivity index (χ3n) is 3.90. The Morgan fingerprint density at radius 2 is 2.30 bits per heavy atom. The summed E-state index contributed by atoms with van der Waals surface area (Å²) in [5.41, 5.74) is 1.89. The van der Waals surface area contributed by atoms with Crippen LogP contribution in [0.25, 0.3) is 0 Å². The zero-order valence-corrected chi connectivity index (χ0v) is 13.3. The lowest BCUT2D eigenvalue weighted by Gasteiger charge is -2.20. The topological polar surface area (TPSA) is 52.9 Å². The fourth-order valence-electron chi connectivity index (χ4n) is 2.76. The van der Waals surface area contributed by atoms with Crippen molar-refractivity contribution in [2.75, 3.05) is 5.32 Å². The van der Waals surface area contributed by atoms with Crippen LogP contribution in [0.5, 0.6) is 0 Å². The first-order valence-corrected chi connectivity index (χ1v) is 8.21. The van der Waals surface area contributed by atoms with E-state index >= 15 is 0 Å². The Labute approximate surface area is 125 Å². The summed E-state index contributed by atoms with van der Waals surface area (Å²) in [6.07, 6.45) is 4.89. The Bertz CT molecular complexity index is 539. The summed E-state index contributed by atoms with van der Waals surface area (Å²) < 4.78 is 0. The molecule has 1 aliphatic carbocycles. The molecule has 0 aliphatic heterocycles. The molecule has 0 saturated heterocycles. The lowest BCUT2D eigenvalue weighted by Crippen LogP contribution is -2.14. The Balaban J connectivity index is 2.21. The van der Waals surface area contributed by atoms with Gasteiger partial charge in [0.05, 0.1) is 5.56 Å². The number of hydrogen-bond donors (Lipinski definition) is 1. The fourth-order valence-corrected chi connectivity index (χ4v) is 4.09. The van der Waals surface area contributed by atoms with Crippen LogP contribution in [0.4, 0.5) is 5.00 Å². The Kier molecular flexibility index (Phi) is 4.82. The zero-order valence-electron chi connectivity index (χ0n) is 12.5. The van der Waals surface area contributed by atoms with Crippen molar-refractivity contribution in [3.63, 3.8) is 0 Å². The van der Waals surface area contributed by atoms with Gasteiger partial charge >= 0.3 is 0 Å². The summed E-state index contributed by atoms with van der Waals surface area (Å²) in [5, 5.41) is 13.1. The van der Waals surface area contributed by atoms with E-state index in [1.54, 1.807) is 11.3 Å².